The zero-order chi connectivity index (χ0) is 14.3. The topological polar surface area (TPSA) is 54.4 Å². The van der Waals surface area contributed by atoms with Gasteiger partial charge in [0.25, 0.3) is 0 Å². The summed E-state index contributed by atoms with van der Waals surface area (Å²) < 4.78 is 5.10. The summed E-state index contributed by atoms with van der Waals surface area (Å²) in [6.45, 7) is 2.68. The number of aliphatic hydroxyl groups is 1. The highest BCUT2D eigenvalue weighted by Crippen LogP contribution is 2.37. The molecule has 1 aromatic rings. The lowest BCUT2D eigenvalue weighted by molar-refractivity contribution is -0.0470. The highest BCUT2D eigenvalue weighted by molar-refractivity contribution is 5.15. The molecule has 4 heteroatoms. The van der Waals surface area contributed by atoms with Gasteiger partial charge in [-0.25, -0.2) is 0 Å². The summed E-state index contributed by atoms with van der Waals surface area (Å²) in [5.41, 5.74) is -0.00582. The van der Waals surface area contributed by atoms with Crippen molar-refractivity contribution in [1.82, 2.24) is 10.3 Å². The summed E-state index contributed by atoms with van der Waals surface area (Å²) in [4.78, 5) is 4.42. The van der Waals surface area contributed by atoms with Crippen molar-refractivity contribution in [2.24, 2.45) is 5.92 Å². The number of hydrogen-bond donors (Lipinski definition) is 2. The Bertz CT molecular complexity index is 379. The average Bonchev–Trinajstić information content (AvgIpc) is 2.53. The number of piperidine rings is 1. The van der Waals surface area contributed by atoms with Crippen LogP contribution in [-0.2, 0) is 10.3 Å². The second-order valence-corrected chi connectivity index (χ2v) is 5.63. The molecule has 1 aliphatic heterocycles. The molecule has 2 heterocycles. The van der Waals surface area contributed by atoms with Crippen molar-refractivity contribution >= 4 is 0 Å². The molecule has 0 bridgehead atoms. The van der Waals surface area contributed by atoms with Gasteiger partial charge in [-0.1, -0.05) is 6.07 Å². The molecule has 1 fully saturated rings. The van der Waals surface area contributed by atoms with Crippen LogP contribution in [-0.4, -0.2) is 36.9 Å². The largest absolute Gasteiger partial charge is 0.385 e. The van der Waals surface area contributed by atoms with Crippen molar-refractivity contribution in [2.75, 3.05) is 26.8 Å². The molecule has 0 amide bonds. The monoisotopic (exact) mass is 278 g/mol. The third-order valence-electron chi connectivity index (χ3n) is 4.24. The van der Waals surface area contributed by atoms with Gasteiger partial charge in [0.05, 0.1) is 5.69 Å². The van der Waals surface area contributed by atoms with Crippen molar-refractivity contribution in [3.8, 4) is 0 Å². The molecule has 0 aromatic carbocycles. The van der Waals surface area contributed by atoms with Crippen LogP contribution in [0.2, 0.25) is 0 Å². The predicted octanol–water partition coefficient (Wildman–Crippen LogP) is 2.09. The smallest absolute Gasteiger partial charge is 0.110 e. The van der Waals surface area contributed by atoms with E-state index in [9.17, 15) is 5.11 Å². The van der Waals surface area contributed by atoms with Crippen LogP contribution < -0.4 is 5.32 Å². The van der Waals surface area contributed by atoms with Gasteiger partial charge in [0.1, 0.15) is 5.60 Å². The Hall–Kier alpha value is -0.970. The molecule has 2 rings (SSSR count). The van der Waals surface area contributed by atoms with E-state index in [4.69, 9.17) is 4.74 Å². The molecule has 4 nitrogen and oxygen atoms in total. The van der Waals surface area contributed by atoms with E-state index in [1.807, 2.05) is 18.2 Å². The fraction of sp³-hybridized carbons (Fsp3) is 0.688. The molecule has 0 saturated carbocycles. The van der Waals surface area contributed by atoms with Crippen LogP contribution in [0, 0.1) is 5.92 Å². The first-order chi connectivity index (χ1) is 9.77. The normalized spacial score (nSPS) is 22.4. The summed E-state index contributed by atoms with van der Waals surface area (Å²) in [6, 6.07) is 5.80. The van der Waals surface area contributed by atoms with Gasteiger partial charge in [0.15, 0.2) is 0 Å². The maximum Gasteiger partial charge on any atom is 0.110 e. The zero-order valence-electron chi connectivity index (χ0n) is 12.3. The van der Waals surface area contributed by atoms with Gasteiger partial charge in [0.2, 0.25) is 0 Å². The van der Waals surface area contributed by atoms with E-state index in [2.05, 4.69) is 10.3 Å². The molecule has 0 spiro atoms. The third-order valence-corrected chi connectivity index (χ3v) is 4.24. The molecule has 0 aliphatic carbocycles. The van der Waals surface area contributed by atoms with Crippen molar-refractivity contribution in [1.29, 1.82) is 0 Å². The Morgan fingerprint density at radius 1 is 1.45 bits per heavy atom. The SMILES string of the molecule is COCCCC[C@@](O)(c1ccccn1)[C@@H]1CCCNC1. The Morgan fingerprint density at radius 2 is 2.35 bits per heavy atom. The number of nitrogens with one attached hydrogen (secondary N) is 1. The molecular weight excluding hydrogens is 252 g/mol. The maximum atomic E-state index is 11.3. The average molecular weight is 278 g/mol. The lowest BCUT2D eigenvalue weighted by Crippen LogP contribution is -2.44. The van der Waals surface area contributed by atoms with Crippen LogP contribution in [0.3, 0.4) is 0 Å². The van der Waals surface area contributed by atoms with Crippen LogP contribution in [0.5, 0.6) is 0 Å². The molecule has 2 atom stereocenters. The van der Waals surface area contributed by atoms with E-state index >= 15 is 0 Å². The van der Waals surface area contributed by atoms with Crippen molar-refractivity contribution in [3.63, 3.8) is 0 Å². The van der Waals surface area contributed by atoms with E-state index in [-0.39, 0.29) is 5.92 Å². The number of aromatic nitrogens is 1. The number of methoxy groups -OCH3 is 1. The van der Waals surface area contributed by atoms with Crippen LogP contribution >= 0.6 is 0 Å². The van der Waals surface area contributed by atoms with Crippen molar-refractivity contribution in [3.05, 3.63) is 30.1 Å². The Kier molecular flexibility index (Phi) is 5.95. The van der Waals surface area contributed by atoms with Crippen molar-refractivity contribution < 1.29 is 9.84 Å². The highest BCUT2D eigenvalue weighted by Gasteiger charge is 2.39. The molecule has 2 N–H and O–H groups in total. The second kappa shape index (κ2) is 7.72. The van der Waals surface area contributed by atoms with E-state index in [1.165, 1.54) is 0 Å². The fourth-order valence-corrected chi connectivity index (χ4v) is 3.06. The summed E-state index contributed by atoms with van der Waals surface area (Å²) in [5.74, 6) is 0.244. The molecule has 0 unspecified atom stereocenters. The molecule has 0 radical (unpaired) electrons. The van der Waals surface area contributed by atoms with Crippen molar-refractivity contribution in [2.45, 2.75) is 37.7 Å². The van der Waals surface area contributed by atoms with Crippen LogP contribution in [0.1, 0.15) is 37.8 Å². The number of hydrogen-bond acceptors (Lipinski definition) is 4. The first kappa shape index (κ1) is 15.4. The third kappa shape index (κ3) is 3.78. The quantitative estimate of drug-likeness (QED) is 0.750. The minimum absolute atomic E-state index is 0.244. The Balaban J connectivity index is 2.09. The van der Waals surface area contributed by atoms with Crippen LogP contribution in [0.25, 0.3) is 0 Å². The minimum atomic E-state index is -0.817. The molecule has 1 aliphatic rings. The zero-order valence-corrected chi connectivity index (χ0v) is 12.3. The van der Waals surface area contributed by atoms with E-state index in [0.717, 1.165) is 57.5 Å². The number of ether oxygens (including phenoxy) is 1. The van der Waals surface area contributed by atoms with E-state index in [1.54, 1.807) is 13.3 Å². The standard InChI is InChI=1S/C16H26N2O2/c1-20-12-5-3-9-16(19,14-7-6-10-17-13-14)15-8-2-4-11-18-15/h2,4,8,11,14,17,19H,3,5-7,9-10,12-13H2,1H3/t14-,16+/m1/s1. The van der Waals surface area contributed by atoms with Gasteiger partial charge >= 0.3 is 0 Å². The molecule has 112 valence electrons. The Labute approximate surface area is 121 Å². The Morgan fingerprint density at radius 3 is 3.00 bits per heavy atom. The summed E-state index contributed by atoms with van der Waals surface area (Å²) in [5, 5.41) is 14.7. The van der Waals surface area contributed by atoms with Gasteiger partial charge in [0, 0.05) is 32.4 Å². The minimum Gasteiger partial charge on any atom is -0.385 e. The number of rotatable bonds is 7. The van der Waals surface area contributed by atoms with Gasteiger partial charge in [-0.2, -0.15) is 0 Å². The lowest BCUT2D eigenvalue weighted by Gasteiger charge is -2.38. The van der Waals surface area contributed by atoms with Gasteiger partial charge in [-0.3, -0.25) is 4.98 Å². The van der Waals surface area contributed by atoms with Gasteiger partial charge < -0.3 is 15.2 Å². The molecular formula is C16H26N2O2. The summed E-state index contributed by atoms with van der Waals surface area (Å²) in [6.07, 6.45) is 6.64. The second-order valence-electron chi connectivity index (χ2n) is 5.63. The van der Waals surface area contributed by atoms with Gasteiger partial charge in [-0.15, -0.1) is 0 Å². The van der Waals surface area contributed by atoms with Crippen LogP contribution in [0.4, 0.5) is 0 Å². The maximum absolute atomic E-state index is 11.3. The molecule has 1 saturated heterocycles. The van der Waals surface area contributed by atoms with Gasteiger partial charge in [-0.05, 0) is 50.8 Å². The first-order valence-electron chi connectivity index (χ1n) is 7.61. The highest BCUT2D eigenvalue weighted by atomic mass is 16.5. The number of nitrogens with zero attached hydrogens (tertiary/aromatic N) is 1. The molecule has 1 aromatic heterocycles. The summed E-state index contributed by atoms with van der Waals surface area (Å²) >= 11 is 0. The number of pyridine rings is 1. The predicted molar refractivity (Wildman–Crippen MR) is 79.5 cm³/mol. The first-order valence-corrected chi connectivity index (χ1v) is 7.61. The van der Waals surface area contributed by atoms with Crippen LogP contribution in [0.15, 0.2) is 24.4 Å². The fourth-order valence-electron chi connectivity index (χ4n) is 3.06. The van der Waals surface area contributed by atoms with E-state index in [0.29, 0.717) is 0 Å². The lowest BCUT2D eigenvalue weighted by atomic mass is 9.76. The number of unbranched alkanes of at least 4 members (excludes halogenated alkanes) is 1. The van der Waals surface area contributed by atoms with E-state index < -0.39 is 5.60 Å². The molecule has 20 heavy (non-hydrogen) atoms. The summed E-state index contributed by atoms with van der Waals surface area (Å²) in [7, 11) is 1.72.